The Morgan fingerprint density at radius 3 is 0.753 bits per heavy atom. The molecule has 0 bridgehead atoms. The molecule has 0 amide bonds. The van der Waals surface area contributed by atoms with Crippen molar-refractivity contribution in [2.24, 2.45) is 0 Å². The maximum absolute atomic E-state index is 12.9. The Labute approximate surface area is 499 Å². The first kappa shape index (κ1) is 76.0. The van der Waals surface area contributed by atoms with Crippen LogP contribution in [-0.4, -0.2) is 37.2 Å². The lowest BCUT2D eigenvalue weighted by Crippen LogP contribution is -2.30. The minimum atomic E-state index is -0.803. The largest absolute Gasteiger partial charge is 0.462 e. The van der Waals surface area contributed by atoms with E-state index in [4.69, 9.17) is 14.2 Å². The van der Waals surface area contributed by atoms with Crippen LogP contribution in [0.15, 0.2) is 158 Å². The Hall–Kier alpha value is -4.97. The lowest BCUT2D eigenvalue weighted by molar-refractivity contribution is -0.167. The highest BCUT2D eigenvalue weighted by molar-refractivity contribution is 5.71. The second-order valence-electron chi connectivity index (χ2n) is 21.3. The van der Waals surface area contributed by atoms with Gasteiger partial charge in [0.2, 0.25) is 0 Å². The summed E-state index contributed by atoms with van der Waals surface area (Å²) in [6.45, 7) is 6.32. The van der Waals surface area contributed by atoms with Gasteiger partial charge in [0, 0.05) is 19.3 Å². The lowest BCUT2D eigenvalue weighted by Gasteiger charge is -2.18. The second kappa shape index (κ2) is 67.5. The maximum Gasteiger partial charge on any atom is 0.306 e. The fraction of sp³-hybridized carbons (Fsp3) is 0.613. The van der Waals surface area contributed by atoms with Crippen molar-refractivity contribution in [3.63, 3.8) is 0 Å². The number of hydrogen-bond donors (Lipinski definition) is 0. The van der Waals surface area contributed by atoms with E-state index in [1.807, 2.05) is 0 Å². The third-order valence-corrected chi connectivity index (χ3v) is 13.5. The number of esters is 3. The van der Waals surface area contributed by atoms with Crippen molar-refractivity contribution in [3.8, 4) is 0 Å². The zero-order valence-corrected chi connectivity index (χ0v) is 52.2. The number of carbonyl (C=O) groups excluding carboxylic acids is 3. The number of ether oxygens (including phenoxy) is 3. The Morgan fingerprint density at radius 1 is 0.259 bits per heavy atom. The minimum absolute atomic E-state index is 0.0985. The molecule has 456 valence electrons. The number of carbonyl (C=O) groups is 3. The molecule has 0 aromatic carbocycles. The average Bonchev–Trinajstić information content (AvgIpc) is 3.46. The van der Waals surface area contributed by atoms with Gasteiger partial charge in [-0.05, 0) is 141 Å². The molecule has 0 saturated carbocycles. The van der Waals surface area contributed by atoms with Crippen molar-refractivity contribution < 1.29 is 28.6 Å². The molecule has 6 nitrogen and oxygen atoms in total. The van der Waals surface area contributed by atoms with Crippen LogP contribution >= 0.6 is 0 Å². The fourth-order valence-corrected chi connectivity index (χ4v) is 8.63. The highest BCUT2D eigenvalue weighted by atomic mass is 16.6. The van der Waals surface area contributed by atoms with Crippen LogP contribution in [0, 0.1) is 0 Å². The van der Waals surface area contributed by atoms with Gasteiger partial charge in [-0.3, -0.25) is 14.4 Å². The molecular formula is C75H120O6. The summed E-state index contributed by atoms with van der Waals surface area (Å²) in [4.78, 5) is 38.4. The van der Waals surface area contributed by atoms with Crippen molar-refractivity contribution in [1.82, 2.24) is 0 Å². The van der Waals surface area contributed by atoms with Crippen molar-refractivity contribution in [2.45, 2.75) is 284 Å². The fourth-order valence-electron chi connectivity index (χ4n) is 8.63. The standard InChI is InChI=1S/C75H120O6/c1-4-7-10-13-16-19-22-25-27-29-31-33-35-37-39-41-43-45-47-50-53-56-59-62-65-68-74(77)80-71-72(70-79-73(76)67-64-61-58-55-52-49-24-21-18-15-12-9-6-3)81-75(78)69-66-63-60-57-54-51-48-46-44-42-40-38-36-34-32-30-28-26-23-20-17-14-11-8-5-2/h7-8,10-12,15-17,19-21,24-28,31-34,37-40,43,45,72H,4-6,9,13-14,18,22-23,29-30,35-36,41-42,44,46-71H2,1-3H3/b10-7-,11-8-,15-12-,19-16-,20-17-,24-21-,27-25-,28-26-,33-31-,34-32-,39-37-,40-38-,45-43-. The zero-order chi connectivity index (χ0) is 58.5. The van der Waals surface area contributed by atoms with Crippen molar-refractivity contribution >= 4 is 17.9 Å². The molecule has 0 aromatic heterocycles. The maximum atomic E-state index is 12.9. The molecule has 0 aliphatic heterocycles. The van der Waals surface area contributed by atoms with Crippen LogP contribution in [0.3, 0.4) is 0 Å². The first-order valence-corrected chi connectivity index (χ1v) is 33.0. The van der Waals surface area contributed by atoms with Crippen molar-refractivity contribution in [1.29, 1.82) is 0 Å². The molecule has 0 heterocycles. The minimum Gasteiger partial charge on any atom is -0.462 e. The summed E-state index contributed by atoms with van der Waals surface area (Å²) < 4.78 is 16.9. The van der Waals surface area contributed by atoms with Gasteiger partial charge in [-0.25, -0.2) is 0 Å². The van der Waals surface area contributed by atoms with E-state index in [-0.39, 0.29) is 31.1 Å². The van der Waals surface area contributed by atoms with Crippen LogP contribution in [0.25, 0.3) is 0 Å². The molecule has 81 heavy (non-hydrogen) atoms. The Kier molecular flexibility index (Phi) is 63.4. The zero-order valence-electron chi connectivity index (χ0n) is 52.2. The third-order valence-electron chi connectivity index (χ3n) is 13.5. The van der Waals surface area contributed by atoms with E-state index in [0.29, 0.717) is 19.3 Å². The van der Waals surface area contributed by atoms with E-state index in [0.717, 1.165) is 180 Å². The molecule has 1 atom stereocenters. The molecule has 6 heteroatoms. The number of allylic oxidation sites excluding steroid dienone is 26. The van der Waals surface area contributed by atoms with Crippen LogP contribution in [-0.2, 0) is 28.6 Å². The normalized spacial score (nSPS) is 13.2. The predicted molar refractivity (Wildman–Crippen MR) is 352 cm³/mol. The van der Waals surface area contributed by atoms with E-state index in [9.17, 15) is 14.4 Å². The van der Waals surface area contributed by atoms with Gasteiger partial charge in [0.05, 0.1) is 0 Å². The van der Waals surface area contributed by atoms with E-state index in [1.54, 1.807) is 0 Å². The molecule has 0 spiro atoms. The molecule has 0 rings (SSSR count). The van der Waals surface area contributed by atoms with Crippen LogP contribution in [0.4, 0.5) is 0 Å². The van der Waals surface area contributed by atoms with Gasteiger partial charge >= 0.3 is 17.9 Å². The van der Waals surface area contributed by atoms with Gasteiger partial charge in [-0.15, -0.1) is 0 Å². The summed E-state index contributed by atoms with van der Waals surface area (Å²) in [5.74, 6) is -0.933. The quantitative estimate of drug-likeness (QED) is 0.0261. The Morgan fingerprint density at radius 2 is 0.481 bits per heavy atom. The Bertz CT molecular complexity index is 1810. The molecule has 0 aliphatic rings. The van der Waals surface area contributed by atoms with Gasteiger partial charge in [-0.1, -0.05) is 275 Å². The van der Waals surface area contributed by atoms with E-state index < -0.39 is 6.10 Å². The molecular weight excluding hydrogens is 997 g/mol. The predicted octanol–water partition coefficient (Wildman–Crippen LogP) is 22.9. The molecule has 0 aromatic rings. The van der Waals surface area contributed by atoms with Crippen LogP contribution in [0.5, 0.6) is 0 Å². The molecule has 0 N–H and O–H groups in total. The monoisotopic (exact) mass is 1120 g/mol. The van der Waals surface area contributed by atoms with Gasteiger partial charge < -0.3 is 14.2 Å². The molecule has 0 aliphatic carbocycles. The molecule has 0 radical (unpaired) electrons. The molecule has 0 fully saturated rings. The summed E-state index contributed by atoms with van der Waals surface area (Å²) in [5, 5.41) is 0. The van der Waals surface area contributed by atoms with Gasteiger partial charge in [-0.2, -0.15) is 0 Å². The van der Waals surface area contributed by atoms with Crippen LogP contribution in [0.2, 0.25) is 0 Å². The Balaban J connectivity index is 4.41. The number of rotatable bonds is 58. The van der Waals surface area contributed by atoms with Gasteiger partial charge in [0.1, 0.15) is 13.2 Å². The number of hydrogen-bond acceptors (Lipinski definition) is 6. The van der Waals surface area contributed by atoms with E-state index >= 15 is 0 Å². The highest BCUT2D eigenvalue weighted by Gasteiger charge is 2.19. The summed E-state index contributed by atoms with van der Waals surface area (Å²) >= 11 is 0. The van der Waals surface area contributed by atoms with E-state index in [2.05, 4.69) is 179 Å². The van der Waals surface area contributed by atoms with Crippen molar-refractivity contribution in [3.05, 3.63) is 158 Å². The third kappa shape index (κ3) is 65.7. The summed E-state index contributed by atoms with van der Waals surface area (Å²) in [7, 11) is 0. The SMILES string of the molecule is CC/C=C\C/C=C\C/C=C\C/C=C\C/C=C\C/C=C\CCCCCCCCC(=O)OCC(COC(=O)CCCCCCC/C=C\C/C=C\CCC)OC(=O)CCCCCCCCCCC/C=C\C/C=C\C/C=C\C/C=C\C/C=C\CC. The molecule has 0 saturated heterocycles. The topological polar surface area (TPSA) is 78.9 Å². The second-order valence-corrected chi connectivity index (χ2v) is 21.3. The van der Waals surface area contributed by atoms with E-state index in [1.165, 1.54) is 57.8 Å². The highest BCUT2D eigenvalue weighted by Crippen LogP contribution is 2.15. The van der Waals surface area contributed by atoms with Crippen LogP contribution in [0.1, 0.15) is 278 Å². The molecule has 1 unspecified atom stereocenters. The first-order valence-electron chi connectivity index (χ1n) is 33.0. The summed E-state index contributed by atoms with van der Waals surface area (Å²) in [5.41, 5.74) is 0. The lowest BCUT2D eigenvalue weighted by atomic mass is 10.1. The van der Waals surface area contributed by atoms with Crippen molar-refractivity contribution in [2.75, 3.05) is 13.2 Å². The average molecular weight is 1120 g/mol. The first-order chi connectivity index (χ1) is 40.0. The van der Waals surface area contributed by atoms with Gasteiger partial charge in [0.15, 0.2) is 6.10 Å². The summed E-state index contributed by atoms with van der Waals surface area (Å²) in [6, 6.07) is 0. The van der Waals surface area contributed by atoms with Crippen LogP contribution < -0.4 is 0 Å². The number of unbranched alkanes of at least 4 members (excludes halogenated alkanes) is 21. The smallest absolute Gasteiger partial charge is 0.306 e. The van der Waals surface area contributed by atoms with Gasteiger partial charge in [0.25, 0.3) is 0 Å². The summed E-state index contributed by atoms with van der Waals surface area (Å²) in [6.07, 6.45) is 98.2.